The quantitative estimate of drug-likeness (QED) is 0.818. The molecule has 5 heteroatoms. The highest BCUT2D eigenvalue weighted by Gasteiger charge is 2.53. The van der Waals surface area contributed by atoms with Gasteiger partial charge in [0.05, 0.1) is 12.6 Å². The average Bonchev–Trinajstić information content (AvgIpc) is 2.95. The van der Waals surface area contributed by atoms with Crippen molar-refractivity contribution in [1.29, 1.82) is 5.26 Å². The first-order chi connectivity index (χ1) is 8.69. The van der Waals surface area contributed by atoms with Crippen molar-refractivity contribution >= 4 is 23.0 Å². The molecule has 1 atom stereocenters. The number of nitrogens with zero attached hydrogens (tertiary/aromatic N) is 2. The van der Waals surface area contributed by atoms with E-state index in [1.54, 1.807) is 4.90 Å². The molecule has 0 aliphatic carbocycles. The number of carbonyl (C=O) groups is 2. The lowest BCUT2D eigenvalue weighted by atomic mass is 9.80. The van der Waals surface area contributed by atoms with E-state index >= 15 is 0 Å². The second kappa shape index (κ2) is 3.92. The summed E-state index contributed by atoms with van der Waals surface area (Å²) in [6.45, 7) is 0.531. The number of ketones is 1. The molecule has 1 aromatic rings. The van der Waals surface area contributed by atoms with Crippen LogP contribution in [0.4, 0.5) is 0 Å². The van der Waals surface area contributed by atoms with Crippen LogP contribution in [0.15, 0.2) is 11.4 Å². The van der Waals surface area contributed by atoms with E-state index in [1.165, 1.54) is 11.3 Å². The van der Waals surface area contributed by atoms with Crippen LogP contribution >= 0.6 is 11.3 Å². The van der Waals surface area contributed by atoms with Crippen molar-refractivity contribution in [3.05, 3.63) is 21.9 Å². The van der Waals surface area contributed by atoms with Crippen molar-refractivity contribution in [1.82, 2.24) is 4.90 Å². The van der Waals surface area contributed by atoms with E-state index in [0.29, 0.717) is 32.2 Å². The van der Waals surface area contributed by atoms with Gasteiger partial charge in [0.25, 0.3) is 0 Å². The molecule has 1 saturated heterocycles. The summed E-state index contributed by atoms with van der Waals surface area (Å²) < 4.78 is 0. The molecular weight excluding hydrogens is 248 g/mol. The highest BCUT2D eigenvalue weighted by atomic mass is 32.1. The Kier molecular flexibility index (Phi) is 2.49. The lowest BCUT2D eigenvalue weighted by Gasteiger charge is -2.40. The molecule has 1 aromatic heterocycles. The van der Waals surface area contributed by atoms with Gasteiger partial charge in [0, 0.05) is 23.3 Å². The van der Waals surface area contributed by atoms with Crippen LogP contribution < -0.4 is 0 Å². The third kappa shape index (κ3) is 1.36. The van der Waals surface area contributed by atoms with Gasteiger partial charge in [0.1, 0.15) is 5.54 Å². The van der Waals surface area contributed by atoms with E-state index < -0.39 is 5.54 Å². The molecule has 0 saturated carbocycles. The number of amides is 1. The first kappa shape index (κ1) is 11.4. The molecule has 3 rings (SSSR count). The molecule has 2 aliphatic heterocycles. The van der Waals surface area contributed by atoms with Gasteiger partial charge in [0.2, 0.25) is 5.91 Å². The maximum absolute atomic E-state index is 12.6. The summed E-state index contributed by atoms with van der Waals surface area (Å²) in [7, 11) is 0. The smallest absolute Gasteiger partial charge is 0.223 e. The Morgan fingerprint density at radius 2 is 2.33 bits per heavy atom. The van der Waals surface area contributed by atoms with Crippen molar-refractivity contribution in [2.45, 2.75) is 37.8 Å². The van der Waals surface area contributed by atoms with Crippen molar-refractivity contribution in [3.8, 4) is 6.07 Å². The normalized spacial score (nSPS) is 25.8. The molecule has 0 N–H and O–H groups in total. The first-order valence-corrected chi connectivity index (χ1v) is 6.85. The molecular formula is C13H12N2O2S. The number of Topliss-reactive ketones (excluding diaryl/α,β-unsaturated/α-hetero) is 1. The van der Waals surface area contributed by atoms with Gasteiger partial charge >= 0.3 is 0 Å². The summed E-state index contributed by atoms with van der Waals surface area (Å²) in [5, 5.41) is 10.7. The Labute approximate surface area is 109 Å². The van der Waals surface area contributed by atoms with E-state index in [-0.39, 0.29) is 11.7 Å². The van der Waals surface area contributed by atoms with Gasteiger partial charge < -0.3 is 4.90 Å². The lowest BCUT2D eigenvalue weighted by molar-refractivity contribution is -0.131. The molecule has 2 aliphatic rings. The molecule has 0 aromatic carbocycles. The van der Waals surface area contributed by atoms with Gasteiger partial charge in [-0.05, 0) is 24.3 Å². The summed E-state index contributed by atoms with van der Waals surface area (Å²) in [6, 6.07) is 3.93. The lowest BCUT2D eigenvalue weighted by Crippen LogP contribution is -2.54. The second-order valence-electron chi connectivity index (χ2n) is 4.76. The average molecular weight is 260 g/mol. The summed E-state index contributed by atoms with van der Waals surface area (Å²) in [5.74, 6) is 0.0754. The predicted molar refractivity (Wildman–Crippen MR) is 66.0 cm³/mol. The Morgan fingerprint density at radius 3 is 3.11 bits per heavy atom. The fraction of sp³-hybridized carbons (Fsp3) is 0.462. The molecule has 0 bridgehead atoms. The van der Waals surface area contributed by atoms with E-state index in [4.69, 9.17) is 5.26 Å². The molecule has 1 fully saturated rings. The molecule has 18 heavy (non-hydrogen) atoms. The standard InChI is InChI=1S/C13H12N2O2S/c14-6-1-4-13-5-2-11(16)15(13)8-10-9(12(13)17)3-7-18-10/h3,7H,1-2,4-5,8H2. The monoisotopic (exact) mass is 260 g/mol. The van der Waals surface area contributed by atoms with E-state index in [0.717, 1.165) is 10.4 Å². The molecule has 1 unspecified atom stereocenters. The van der Waals surface area contributed by atoms with Crippen LogP contribution in [0.1, 0.15) is 40.9 Å². The minimum Gasteiger partial charge on any atom is -0.324 e. The van der Waals surface area contributed by atoms with Gasteiger partial charge in [-0.15, -0.1) is 11.3 Å². The highest BCUT2D eigenvalue weighted by Crippen LogP contribution is 2.43. The number of hydrogen-bond acceptors (Lipinski definition) is 4. The molecule has 92 valence electrons. The van der Waals surface area contributed by atoms with E-state index in [9.17, 15) is 9.59 Å². The van der Waals surface area contributed by atoms with Crippen LogP contribution in [0.3, 0.4) is 0 Å². The van der Waals surface area contributed by atoms with Crippen molar-refractivity contribution < 1.29 is 9.59 Å². The fourth-order valence-electron chi connectivity index (χ4n) is 2.99. The number of rotatable bonds is 2. The number of thiophene rings is 1. The highest BCUT2D eigenvalue weighted by molar-refractivity contribution is 7.10. The zero-order valence-electron chi connectivity index (χ0n) is 9.81. The summed E-state index contributed by atoms with van der Waals surface area (Å²) >= 11 is 1.52. The summed E-state index contributed by atoms with van der Waals surface area (Å²) in [4.78, 5) is 27.3. The maximum Gasteiger partial charge on any atom is 0.223 e. The van der Waals surface area contributed by atoms with Crippen LogP contribution in [0.2, 0.25) is 0 Å². The third-order valence-electron chi connectivity index (χ3n) is 3.93. The zero-order chi connectivity index (χ0) is 12.8. The van der Waals surface area contributed by atoms with E-state index in [2.05, 4.69) is 6.07 Å². The van der Waals surface area contributed by atoms with Crippen molar-refractivity contribution in [2.24, 2.45) is 0 Å². The SMILES string of the molecule is N#CCCC12CCC(=O)N1Cc1sccc1C2=O. The minimum atomic E-state index is -0.735. The maximum atomic E-state index is 12.6. The minimum absolute atomic E-state index is 0.0334. The van der Waals surface area contributed by atoms with Gasteiger partial charge in [0.15, 0.2) is 5.78 Å². The largest absolute Gasteiger partial charge is 0.324 e. The zero-order valence-corrected chi connectivity index (χ0v) is 10.6. The molecule has 0 spiro atoms. The number of carbonyl (C=O) groups excluding carboxylic acids is 2. The number of nitriles is 1. The summed E-state index contributed by atoms with van der Waals surface area (Å²) in [6.07, 6.45) is 1.76. The van der Waals surface area contributed by atoms with Crippen molar-refractivity contribution in [2.75, 3.05) is 0 Å². The third-order valence-corrected chi connectivity index (χ3v) is 4.84. The van der Waals surface area contributed by atoms with Gasteiger partial charge in [-0.3, -0.25) is 9.59 Å². The molecule has 1 amide bonds. The fourth-order valence-corrected chi connectivity index (χ4v) is 3.85. The number of hydrogen-bond donors (Lipinski definition) is 0. The van der Waals surface area contributed by atoms with Crippen LogP contribution in [0.5, 0.6) is 0 Å². The van der Waals surface area contributed by atoms with E-state index in [1.807, 2.05) is 11.4 Å². The van der Waals surface area contributed by atoms with Gasteiger partial charge in [-0.25, -0.2) is 0 Å². The molecule has 4 nitrogen and oxygen atoms in total. The second-order valence-corrected chi connectivity index (χ2v) is 5.76. The Bertz CT molecular complexity index is 572. The van der Waals surface area contributed by atoms with Crippen LogP contribution in [0.25, 0.3) is 0 Å². The Hall–Kier alpha value is -1.67. The van der Waals surface area contributed by atoms with Crippen LogP contribution in [0, 0.1) is 11.3 Å². The molecule has 3 heterocycles. The van der Waals surface area contributed by atoms with Crippen LogP contribution in [-0.2, 0) is 11.3 Å². The number of fused-ring (bicyclic) bond motifs is 2. The summed E-state index contributed by atoms with van der Waals surface area (Å²) in [5.41, 5.74) is 0.0184. The van der Waals surface area contributed by atoms with Gasteiger partial charge in [-0.2, -0.15) is 5.26 Å². The Balaban J connectivity index is 2.07. The molecule has 0 radical (unpaired) electrons. The topological polar surface area (TPSA) is 61.2 Å². The Morgan fingerprint density at radius 1 is 1.50 bits per heavy atom. The first-order valence-electron chi connectivity index (χ1n) is 5.97. The van der Waals surface area contributed by atoms with Crippen LogP contribution in [-0.4, -0.2) is 22.1 Å². The predicted octanol–water partition coefficient (Wildman–Crippen LogP) is 2.11. The van der Waals surface area contributed by atoms with Gasteiger partial charge in [-0.1, -0.05) is 0 Å². The van der Waals surface area contributed by atoms with Crippen molar-refractivity contribution in [3.63, 3.8) is 0 Å².